The van der Waals surface area contributed by atoms with Gasteiger partial charge in [0.15, 0.2) is 5.96 Å². The van der Waals surface area contributed by atoms with E-state index in [0.29, 0.717) is 32.3 Å². The third-order valence-electron chi connectivity index (χ3n) is 4.13. The summed E-state index contributed by atoms with van der Waals surface area (Å²) in [5.74, 6) is 2.08. The number of nitrogens with zero attached hydrogens (tertiary/aromatic N) is 1. The third-order valence-corrected chi connectivity index (χ3v) is 4.73. The predicted octanol–water partition coefficient (Wildman–Crippen LogP) is 4.20. The Hall–Kier alpha value is -1.52. The second-order valence-corrected chi connectivity index (χ2v) is 6.93. The van der Waals surface area contributed by atoms with Crippen LogP contribution >= 0.6 is 35.7 Å². The summed E-state index contributed by atoms with van der Waals surface area (Å²) in [7, 11) is 3.38. The van der Waals surface area contributed by atoms with Gasteiger partial charge in [-0.3, -0.25) is 4.99 Å². The first-order chi connectivity index (χ1) is 13.7. The molecule has 0 heterocycles. The monoisotopic (exact) mass is 533 g/mol. The topological polar surface area (TPSA) is 54.9 Å². The van der Waals surface area contributed by atoms with Gasteiger partial charge in [0.2, 0.25) is 0 Å². The lowest BCUT2D eigenvalue weighted by atomic mass is 10.1. The summed E-state index contributed by atoms with van der Waals surface area (Å²) >= 11 is 1.67. The molecular formula is C21H29FIN3O2S. The molecule has 160 valence electrons. The van der Waals surface area contributed by atoms with E-state index in [-0.39, 0.29) is 29.8 Å². The molecular weight excluding hydrogens is 504 g/mol. The van der Waals surface area contributed by atoms with Gasteiger partial charge >= 0.3 is 0 Å². The molecule has 2 aromatic rings. The SMILES string of the molecule is CN=C(NCCOCc1ccccc1OC)NCc1ccc(F)cc1CSC.I. The molecule has 2 rings (SSSR count). The quantitative estimate of drug-likeness (QED) is 0.208. The molecule has 0 aromatic heterocycles. The second-order valence-electron chi connectivity index (χ2n) is 6.06. The number of thioether (sulfide) groups is 1. The van der Waals surface area contributed by atoms with Crippen LogP contribution in [-0.2, 0) is 23.6 Å². The maximum Gasteiger partial charge on any atom is 0.191 e. The van der Waals surface area contributed by atoms with Crippen molar-refractivity contribution in [2.75, 3.05) is 33.6 Å². The van der Waals surface area contributed by atoms with E-state index in [1.807, 2.05) is 36.6 Å². The average molecular weight is 533 g/mol. The van der Waals surface area contributed by atoms with Crippen LogP contribution in [-0.4, -0.2) is 39.5 Å². The summed E-state index contributed by atoms with van der Waals surface area (Å²) in [5, 5.41) is 6.48. The highest BCUT2D eigenvalue weighted by Crippen LogP contribution is 2.18. The maximum atomic E-state index is 13.5. The lowest BCUT2D eigenvalue weighted by Crippen LogP contribution is -2.38. The molecule has 8 heteroatoms. The van der Waals surface area contributed by atoms with Crippen molar-refractivity contribution in [1.29, 1.82) is 0 Å². The molecule has 0 amide bonds. The fraction of sp³-hybridized carbons (Fsp3) is 0.381. The van der Waals surface area contributed by atoms with Gasteiger partial charge in [-0.05, 0) is 35.6 Å². The van der Waals surface area contributed by atoms with Crippen LogP contribution in [0.25, 0.3) is 0 Å². The van der Waals surface area contributed by atoms with Crippen molar-refractivity contribution in [3.63, 3.8) is 0 Å². The van der Waals surface area contributed by atoms with E-state index in [4.69, 9.17) is 9.47 Å². The lowest BCUT2D eigenvalue weighted by molar-refractivity contribution is 0.123. The summed E-state index contributed by atoms with van der Waals surface area (Å²) < 4.78 is 24.5. The van der Waals surface area contributed by atoms with Crippen LogP contribution in [0.3, 0.4) is 0 Å². The number of aliphatic imine (C=N–C) groups is 1. The van der Waals surface area contributed by atoms with Gasteiger partial charge in [-0.1, -0.05) is 24.3 Å². The number of hydrogen-bond donors (Lipinski definition) is 2. The zero-order chi connectivity index (χ0) is 20.2. The van der Waals surface area contributed by atoms with Crippen LogP contribution in [0.1, 0.15) is 16.7 Å². The summed E-state index contributed by atoms with van der Waals surface area (Å²) in [6, 6.07) is 12.7. The standard InChI is InChI=1S/C21H28FN3O2S.HI/c1-23-21(25-13-16-8-9-19(22)12-18(16)15-28-3)24-10-11-27-14-17-6-4-5-7-20(17)26-2;/h4-9,12H,10-11,13-15H2,1-3H3,(H2,23,24,25);1H. The van der Waals surface area contributed by atoms with Gasteiger partial charge in [-0.25, -0.2) is 4.39 Å². The Morgan fingerprint density at radius 1 is 1.10 bits per heavy atom. The first kappa shape index (κ1) is 25.5. The Kier molecular flexibility index (Phi) is 12.7. The Bertz CT molecular complexity index is 777. The number of para-hydroxylation sites is 1. The summed E-state index contributed by atoms with van der Waals surface area (Å²) in [4.78, 5) is 4.22. The fourth-order valence-corrected chi connectivity index (χ4v) is 3.28. The predicted molar refractivity (Wildman–Crippen MR) is 130 cm³/mol. The molecule has 0 saturated carbocycles. The molecule has 0 fully saturated rings. The van der Waals surface area contributed by atoms with E-state index in [2.05, 4.69) is 15.6 Å². The van der Waals surface area contributed by atoms with Crippen molar-refractivity contribution in [3.8, 4) is 5.75 Å². The number of guanidine groups is 1. The molecule has 0 aliphatic heterocycles. The van der Waals surface area contributed by atoms with Gasteiger partial charge in [0.05, 0.1) is 20.3 Å². The number of ether oxygens (including phenoxy) is 2. The molecule has 0 spiro atoms. The first-order valence-electron chi connectivity index (χ1n) is 9.08. The number of benzene rings is 2. The summed E-state index contributed by atoms with van der Waals surface area (Å²) in [6.07, 6.45) is 2.01. The minimum Gasteiger partial charge on any atom is -0.496 e. The average Bonchev–Trinajstić information content (AvgIpc) is 2.71. The van der Waals surface area contributed by atoms with E-state index in [1.165, 1.54) is 6.07 Å². The van der Waals surface area contributed by atoms with Gasteiger partial charge in [-0.2, -0.15) is 11.8 Å². The number of halogens is 2. The van der Waals surface area contributed by atoms with Crippen LogP contribution in [0.2, 0.25) is 0 Å². The van der Waals surface area contributed by atoms with Gasteiger partial charge < -0.3 is 20.1 Å². The number of rotatable bonds is 10. The number of nitrogens with one attached hydrogen (secondary N) is 2. The number of hydrogen-bond acceptors (Lipinski definition) is 4. The normalized spacial score (nSPS) is 11.0. The third kappa shape index (κ3) is 8.79. The van der Waals surface area contributed by atoms with Crippen LogP contribution in [0.15, 0.2) is 47.5 Å². The fourth-order valence-electron chi connectivity index (χ4n) is 2.70. The molecule has 0 bridgehead atoms. The first-order valence-corrected chi connectivity index (χ1v) is 10.5. The van der Waals surface area contributed by atoms with Crippen LogP contribution in [0, 0.1) is 5.82 Å². The molecule has 0 saturated heterocycles. The minimum absolute atomic E-state index is 0. The molecule has 2 N–H and O–H groups in total. The highest BCUT2D eigenvalue weighted by molar-refractivity contribution is 14.0. The van der Waals surface area contributed by atoms with E-state index in [0.717, 1.165) is 28.2 Å². The molecule has 29 heavy (non-hydrogen) atoms. The smallest absolute Gasteiger partial charge is 0.191 e. The molecule has 0 aliphatic carbocycles. The van der Waals surface area contributed by atoms with Crippen LogP contribution in [0.5, 0.6) is 5.75 Å². The van der Waals surface area contributed by atoms with Crippen molar-refractivity contribution >= 4 is 41.7 Å². The molecule has 0 atom stereocenters. The Labute approximate surface area is 193 Å². The Morgan fingerprint density at radius 2 is 1.90 bits per heavy atom. The van der Waals surface area contributed by atoms with Gasteiger partial charge in [0.25, 0.3) is 0 Å². The molecule has 0 unspecified atom stereocenters. The van der Waals surface area contributed by atoms with Crippen molar-refractivity contribution in [2.24, 2.45) is 4.99 Å². The largest absolute Gasteiger partial charge is 0.496 e. The Balaban J connectivity index is 0.00000420. The van der Waals surface area contributed by atoms with Crippen molar-refractivity contribution < 1.29 is 13.9 Å². The van der Waals surface area contributed by atoms with Crippen molar-refractivity contribution in [1.82, 2.24) is 10.6 Å². The molecule has 0 aliphatic rings. The van der Waals surface area contributed by atoms with Gasteiger partial charge in [0, 0.05) is 31.5 Å². The Morgan fingerprint density at radius 3 is 2.62 bits per heavy atom. The van der Waals surface area contributed by atoms with E-state index in [1.54, 1.807) is 32.0 Å². The maximum absolute atomic E-state index is 13.5. The van der Waals surface area contributed by atoms with Gasteiger partial charge in [-0.15, -0.1) is 24.0 Å². The summed E-state index contributed by atoms with van der Waals surface area (Å²) in [5.41, 5.74) is 3.08. The summed E-state index contributed by atoms with van der Waals surface area (Å²) in [6.45, 7) is 2.23. The van der Waals surface area contributed by atoms with Crippen LogP contribution < -0.4 is 15.4 Å². The number of methoxy groups -OCH3 is 1. The molecule has 0 radical (unpaired) electrons. The highest BCUT2D eigenvalue weighted by Gasteiger charge is 2.06. The highest BCUT2D eigenvalue weighted by atomic mass is 127. The zero-order valence-electron chi connectivity index (χ0n) is 17.0. The van der Waals surface area contributed by atoms with Crippen molar-refractivity contribution in [2.45, 2.75) is 18.9 Å². The van der Waals surface area contributed by atoms with Crippen molar-refractivity contribution in [3.05, 3.63) is 65.0 Å². The zero-order valence-corrected chi connectivity index (χ0v) is 20.2. The van der Waals surface area contributed by atoms with E-state index in [9.17, 15) is 4.39 Å². The van der Waals surface area contributed by atoms with E-state index >= 15 is 0 Å². The molecule has 2 aromatic carbocycles. The minimum atomic E-state index is -0.206. The lowest BCUT2D eigenvalue weighted by Gasteiger charge is -2.14. The van der Waals surface area contributed by atoms with E-state index < -0.39 is 0 Å². The van der Waals surface area contributed by atoms with Crippen LogP contribution in [0.4, 0.5) is 4.39 Å². The molecule has 5 nitrogen and oxygen atoms in total. The van der Waals surface area contributed by atoms with Gasteiger partial charge in [0.1, 0.15) is 11.6 Å². The second kappa shape index (κ2) is 14.5.